The van der Waals surface area contributed by atoms with Gasteiger partial charge in [-0.1, -0.05) is 84.0 Å². The van der Waals surface area contributed by atoms with Gasteiger partial charge in [0.2, 0.25) is 0 Å². The summed E-state index contributed by atoms with van der Waals surface area (Å²) < 4.78 is 64.9. The van der Waals surface area contributed by atoms with E-state index in [1.807, 2.05) is 0 Å². The summed E-state index contributed by atoms with van der Waals surface area (Å²) in [6.45, 7) is 1.80. The van der Waals surface area contributed by atoms with Crippen LogP contribution in [0.15, 0.2) is 0 Å². The average molecular weight is 374 g/mol. The Balaban J connectivity index is 3.41. The molecule has 0 aromatic rings. The van der Waals surface area contributed by atoms with E-state index in [0.29, 0.717) is 12.8 Å². The van der Waals surface area contributed by atoms with Crippen molar-refractivity contribution >= 4 is 5.97 Å². The minimum Gasteiger partial charge on any atom is -0.461 e. The molecule has 0 amide bonds. The molecule has 7 heteroatoms. The quantitative estimate of drug-likeness (QED) is 0.179. The molecule has 0 N–H and O–H groups in total. The smallest absolute Gasteiger partial charge is 0.461 e. The fraction of sp³-hybridized carbons (Fsp3) is 0.944. The van der Waals surface area contributed by atoms with Gasteiger partial charge in [0.15, 0.2) is 0 Å². The third kappa shape index (κ3) is 11.4. The van der Waals surface area contributed by atoms with Crippen LogP contribution >= 0.6 is 0 Å². The van der Waals surface area contributed by atoms with Gasteiger partial charge in [-0.25, -0.2) is 4.79 Å². The molecular formula is C18H31F5O2. The van der Waals surface area contributed by atoms with Gasteiger partial charge in [-0.15, -0.1) is 0 Å². The Kier molecular flexibility index (Phi) is 12.9. The molecule has 0 aliphatic carbocycles. The number of carbonyl (C=O) groups is 1. The highest BCUT2D eigenvalue weighted by Crippen LogP contribution is 2.36. The minimum atomic E-state index is -5.90. The van der Waals surface area contributed by atoms with Crippen LogP contribution in [0.2, 0.25) is 0 Å². The maximum absolute atomic E-state index is 12.6. The molecule has 0 radical (unpaired) electrons. The molecule has 0 bridgehead atoms. The van der Waals surface area contributed by atoms with Gasteiger partial charge in [-0.05, 0) is 6.42 Å². The molecule has 0 aromatic heterocycles. The van der Waals surface area contributed by atoms with Crippen LogP contribution < -0.4 is 0 Å². The summed E-state index contributed by atoms with van der Waals surface area (Å²) in [5.74, 6) is -7.94. The summed E-state index contributed by atoms with van der Waals surface area (Å²) in [7, 11) is 0. The highest BCUT2D eigenvalue weighted by Gasteiger charge is 2.64. The summed E-state index contributed by atoms with van der Waals surface area (Å²) in [4.78, 5) is 10.7. The lowest BCUT2D eigenvalue weighted by Crippen LogP contribution is -2.45. The number of halogens is 5. The van der Waals surface area contributed by atoms with Crippen molar-refractivity contribution in [3.8, 4) is 0 Å². The maximum atomic E-state index is 12.6. The first-order valence-electron chi connectivity index (χ1n) is 9.35. The zero-order valence-corrected chi connectivity index (χ0v) is 15.1. The van der Waals surface area contributed by atoms with Gasteiger partial charge in [-0.2, -0.15) is 22.0 Å². The summed E-state index contributed by atoms with van der Waals surface area (Å²) >= 11 is 0. The van der Waals surface area contributed by atoms with Crippen molar-refractivity contribution in [1.29, 1.82) is 0 Å². The fourth-order valence-corrected chi connectivity index (χ4v) is 2.49. The number of hydrogen-bond acceptors (Lipinski definition) is 2. The van der Waals surface area contributed by atoms with Crippen LogP contribution in [0.25, 0.3) is 0 Å². The van der Waals surface area contributed by atoms with Gasteiger partial charge in [0, 0.05) is 0 Å². The van der Waals surface area contributed by atoms with Crippen LogP contribution in [0.1, 0.15) is 90.4 Å². The Morgan fingerprint density at radius 3 is 1.40 bits per heavy atom. The van der Waals surface area contributed by atoms with Crippen LogP contribution in [-0.2, 0) is 9.53 Å². The summed E-state index contributed by atoms with van der Waals surface area (Å²) in [6, 6.07) is 0. The molecule has 0 rings (SSSR count). The van der Waals surface area contributed by atoms with E-state index in [1.165, 1.54) is 51.4 Å². The summed E-state index contributed by atoms with van der Waals surface area (Å²) in [5, 5.41) is 0. The first kappa shape index (κ1) is 24.1. The van der Waals surface area contributed by atoms with E-state index >= 15 is 0 Å². The van der Waals surface area contributed by atoms with Crippen LogP contribution in [0.4, 0.5) is 22.0 Å². The Bertz CT molecular complexity index is 343. The van der Waals surface area contributed by atoms with Crippen molar-refractivity contribution in [1.82, 2.24) is 0 Å². The first-order chi connectivity index (χ1) is 11.7. The van der Waals surface area contributed by atoms with E-state index in [1.54, 1.807) is 0 Å². The number of hydrogen-bond donors (Lipinski definition) is 0. The molecule has 0 spiro atoms. The monoisotopic (exact) mass is 374 g/mol. The minimum absolute atomic E-state index is 0.303. The maximum Gasteiger partial charge on any atom is 0.465 e. The number of ether oxygens (including phenoxy) is 1. The van der Waals surface area contributed by atoms with Crippen LogP contribution in [0.3, 0.4) is 0 Å². The third-order valence-corrected chi connectivity index (χ3v) is 4.09. The summed E-state index contributed by atoms with van der Waals surface area (Å²) in [5.41, 5.74) is 0. The average Bonchev–Trinajstić information content (AvgIpc) is 2.53. The number of carbonyl (C=O) groups excluding carboxylic acids is 1. The van der Waals surface area contributed by atoms with Crippen molar-refractivity contribution in [3.63, 3.8) is 0 Å². The van der Waals surface area contributed by atoms with Crippen LogP contribution in [0.5, 0.6) is 0 Å². The van der Waals surface area contributed by atoms with E-state index < -0.39 is 24.7 Å². The molecule has 0 saturated heterocycles. The zero-order chi connectivity index (χ0) is 19.2. The van der Waals surface area contributed by atoms with Crippen molar-refractivity contribution in [3.05, 3.63) is 0 Å². The standard InChI is InChI=1S/C18H31F5O2/c1-2-3-4-5-6-7-8-9-10-11-12-13-14-15-25-16(24)17(19,20)18(21,22)23/h2-15H2,1H3. The second-order valence-electron chi connectivity index (χ2n) is 6.45. The van der Waals surface area contributed by atoms with Crippen molar-refractivity contribution in [2.45, 2.75) is 102 Å². The molecule has 0 heterocycles. The lowest BCUT2D eigenvalue weighted by atomic mass is 10.0. The van der Waals surface area contributed by atoms with Crippen molar-refractivity contribution in [2.24, 2.45) is 0 Å². The molecule has 0 aliphatic heterocycles. The second-order valence-corrected chi connectivity index (χ2v) is 6.45. The lowest BCUT2D eigenvalue weighted by molar-refractivity contribution is -0.280. The van der Waals surface area contributed by atoms with Crippen LogP contribution in [-0.4, -0.2) is 24.7 Å². The molecule has 0 unspecified atom stereocenters. The fourth-order valence-electron chi connectivity index (χ4n) is 2.49. The van der Waals surface area contributed by atoms with E-state index in [9.17, 15) is 26.7 Å². The highest BCUT2D eigenvalue weighted by molar-refractivity contribution is 5.78. The van der Waals surface area contributed by atoms with E-state index in [0.717, 1.165) is 19.3 Å². The highest BCUT2D eigenvalue weighted by atomic mass is 19.4. The zero-order valence-electron chi connectivity index (χ0n) is 15.1. The molecule has 25 heavy (non-hydrogen) atoms. The number of rotatable bonds is 15. The predicted octanol–water partition coefficient (Wildman–Crippen LogP) is 6.82. The molecule has 0 aliphatic rings. The van der Waals surface area contributed by atoms with E-state index in [-0.39, 0.29) is 0 Å². The topological polar surface area (TPSA) is 26.3 Å². The molecule has 0 aromatic carbocycles. The summed E-state index contributed by atoms with van der Waals surface area (Å²) in [6.07, 6.45) is 8.13. The third-order valence-electron chi connectivity index (χ3n) is 4.09. The number of unbranched alkanes of at least 4 members (excludes halogenated alkanes) is 12. The first-order valence-corrected chi connectivity index (χ1v) is 9.35. The van der Waals surface area contributed by atoms with Gasteiger partial charge < -0.3 is 4.74 Å². The Labute approximate surface area is 147 Å². The Morgan fingerprint density at radius 1 is 0.680 bits per heavy atom. The molecule has 2 nitrogen and oxygen atoms in total. The largest absolute Gasteiger partial charge is 0.465 e. The SMILES string of the molecule is CCCCCCCCCCCCCCCOC(=O)C(F)(F)C(F)(F)F. The van der Waals surface area contributed by atoms with Gasteiger partial charge in [0.1, 0.15) is 0 Å². The number of alkyl halides is 5. The van der Waals surface area contributed by atoms with E-state index in [2.05, 4.69) is 11.7 Å². The molecule has 0 fully saturated rings. The van der Waals surface area contributed by atoms with Crippen molar-refractivity contribution in [2.75, 3.05) is 6.61 Å². The Morgan fingerprint density at radius 2 is 1.04 bits per heavy atom. The van der Waals surface area contributed by atoms with Gasteiger partial charge in [0.05, 0.1) is 6.61 Å². The predicted molar refractivity (Wildman–Crippen MR) is 87.7 cm³/mol. The number of esters is 1. The lowest BCUT2D eigenvalue weighted by Gasteiger charge is -2.17. The molecular weight excluding hydrogens is 343 g/mol. The second kappa shape index (κ2) is 13.3. The Hall–Kier alpha value is -0.880. The molecule has 0 atom stereocenters. The van der Waals surface area contributed by atoms with Gasteiger partial charge in [-0.3, -0.25) is 0 Å². The van der Waals surface area contributed by atoms with Crippen molar-refractivity contribution < 1.29 is 31.5 Å². The molecule has 0 saturated carbocycles. The van der Waals surface area contributed by atoms with Crippen LogP contribution in [0, 0.1) is 0 Å². The van der Waals surface area contributed by atoms with E-state index in [4.69, 9.17) is 0 Å². The normalized spacial score (nSPS) is 12.4. The van der Waals surface area contributed by atoms with Gasteiger partial charge >= 0.3 is 18.1 Å². The molecule has 150 valence electrons. The van der Waals surface area contributed by atoms with Gasteiger partial charge in [0.25, 0.3) is 0 Å².